The van der Waals surface area contributed by atoms with E-state index >= 15 is 0 Å². The standard InChI is InChI=1S/C23H17BrN2OS/c1-15-7-9-16(10-8-15)20-23(26-21(27)17-11-13-19(24)14-12-17)28-22(25-20)18-5-3-2-4-6-18/h2-14H,1H3,(H,26,27). The van der Waals surface area contributed by atoms with Crippen LogP contribution in [0, 0.1) is 6.92 Å². The van der Waals surface area contributed by atoms with Crippen molar-refractivity contribution in [3.63, 3.8) is 0 Å². The summed E-state index contributed by atoms with van der Waals surface area (Å²) < 4.78 is 0.938. The SMILES string of the molecule is Cc1ccc(-c2nc(-c3ccccc3)sc2NC(=O)c2ccc(Br)cc2)cc1. The number of amides is 1. The Kier molecular flexibility index (Phi) is 5.37. The lowest BCUT2D eigenvalue weighted by Crippen LogP contribution is -2.11. The molecule has 0 radical (unpaired) electrons. The van der Waals surface area contributed by atoms with Crippen molar-refractivity contribution in [2.75, 3.05) is 5.32 Å². The predicted octanol–water partition coefficient (Wildman–Crippen LogP) is 6.80. The molecular formula is C23H17BrN2OS. The van der Waals surface area contributed by atoms with Gasteiger partial charge in [0.25, 0.3) is 5.91 Å². The fourth-order valence-corrected chi connectivity index (χ4v) is 4.05. The molecule has 3 aromatic carbocycles. The lowest BCUT2D eigenvalue weighted by atomic mass is 10.1. The van der Waals surface area contributed by atoms with Crippen LogP contribution in [0.2, 0.25) is 0 Å². The molecule has 0 aliphatic rings. The molecule has 0 atom stereocenters. The Morgan fingerprint density at radius 1 is 0.893 bits per heavy atom. The lowest BCUT2D eigenvalue weighted by Gasteiger charge is -2.06. The second-order valence-electron chi connectivity index (χ2n) is 6.39. The Morgan fingerprint density at radius 2 is 1.57 bits per heavy atom. The van der Waals surface area contributed by atoms with Gasteiger partial charge in [0.1, 0.15) is 15.7 Å². The molecule has 3 nitrogen and oxygen atoms in total. The fourth-order valence-electron chi connectivity index (χ4n) is 2.79. The zero-order chi connectivity index (χ0) is 19.5. The number of halogens is 1. The number of nitrogens with one attached hydrogen (secondary N) is 1. The van der Waals surface area contributed by atoms with Crippen LogP contribution in [0.5, 0.6) is 0 Å². The Hall–Kier alpha value is -2.76. The number of aryl methyl sites for hydroxylation is 1. The first-order chi connectivity index (χ1) is 13.6. The molecule has 1 heterocycles. The van der Waals surface area contributed by atoms with E-state index in [1.165, 1.54) is 16.9 Å². The maximum absolute atomic E-state index is 12.8. The van der Waals surface area contributed by atoms with Gasteiger partial charge in [-0.3, -0.25) is 4.79 Å². The molecule has 0 saturated heterocycles. The summed E-state index contributed by atoms with van der Waals surface area (Å²) >= 11 is 4.88. The Balaban J connectivity index is 1.73. The highest BCUT2D eigenvalue weighted by Gasteiger charge is 2.17. The van der Waals surface area contributed by atoms with Crippen molar-refractivity contribution in [2.24, 2.45) is 0 Å². The number of hydrogen-bond acceptors (Lipinski definition) is 3. The fraction of sp³-hybridized carbons (Fsp3) is 0.0435. The monoisotopic (exact) mass is 448 g/mol. The number of benzene rings is 3. The molecule has 0 fully saturated rings. The molecule has 0 aliphatic carbocycles. The number of aromatic nitrogens is 1. The summed E-state index contributed by atoms with van der Waals surface area (Å²) in [7, 11) is 0. The number of carbonyl (C=O) groups is 1. The number of thiazole rings is 1. The minimum atomic E-state index is -0.149. The van der Waals surface area contributed by atoms with Gasteiger partial charge in [-0.25, -0.2) is 4.98 Å². The van der Waals surface area contributed by atoms with Gasteiger partial charge in [-0.2, -0.15) is 0 Å². The van der Waals surface area contributed by atoms with Crippen LogP contribution >= 0.6 is 27.3 Å². The van der Waals surface area contributed by atoms with Gasteiger partial charge >= 0.3 is 0 Å². The van der Waals surface area contributed by atoms with Crippen LogP contribution in [0.4, 0.5) is 5.00 Å². The van der Waals surface area contributed by atoms with E-state index in [1.807, 2.05) is 54.6 Å². The third kappa shape index (κ3) is 4.06. The van der Waals surface area contributed by atoms with Gasteiger partial charge in [0.05, 0.1) is 0 Å². The number of rotatable bonds is 4. The maximum atomic E-state index is 12.8. The molecule has 0 saturated carbocycles. The second kappa shape index (κ2) is 8.09. The molecule has 0 spiro atoms. The highest BCUT2D eigenvalue weighted by Crippen LogP contribution is 2.38. The molecular weight excluding hydrogens is 432 g/mol. The van der Waals surface area contributed by atoms with E-state index in [0.29, 0.717) is 5.56 Å². The average molecular weight is 449 g/mol. The van der Waals surface area contributed by atoms with E-state index in [1.54, 1.807) is 12.1 Å². The maximum Gasteiger partial charge on any atom is 0.256 e. The van der Waals surface area contributed by atoms with Crippen molar-refractivity contribution in [1.82, 2.24) is 4.98 Å². The minimum Gasteiger partial charge on any atom is -0.312 e. The van der Waals surface area contributed by atoms with Crippen molar-refractivity contribution < 1.29 is 4.79 Å². The zero-order valence-corrected chi connectivity index (χ0v) is 17.5. The normalized spacial score (nSPS) is 10.6. The first kappa shape index (κ1) is 18.6. The minimum absolute atomic E-state index is 0.149. The van der Waals surface area contributed by atoms with E-state index in [-0.39, 0.29) is 5.91 Å². The summed E-state index contributed by atoms with van der Waals surface area (Å²) in [5, 5.41) is 4.67. The van der Waals surface area contributed by atoms with Gasteiger partial charge in [0, 0.05) is 21.2 Å². The van der Waals surface area contributed by atoms with Gasteiger partial charge in [-0.15, -0.1) is 0 Å². The smallest absolute Gasteiger partial charge is 0.256 e. The predicted molar refractivity (Wildman–Crippen MR) is 120 cm³/mol. The Morgan fingerprint density at radius 3 is 2.25 bits per heavy atom. The third-order valence-electron chi connectivity index (χ3n) is 4.31. The highest BCUT2D eigenvalue weighted by atomic mass is 79.9. The number of hydrogen-bond donors (Lipinski definition) is 1. The summed E-state index contributed by atoms with van der Waals surface area (Å²) in [5.74, 6) is -0.149. The lowest BCUT2D eigenvalue weighted by molar-refractivity contribution is 0.102. The van der Waals surface area contributed by atoms with Crippen LogP contribution in [-0.4, -0.2) is 10.9 Å². The molecule has 4 aromatic rings. The van der Waals surface area contributed by atoms with Crippen molar-refractivity contribution in [1.29, 1.82) is 0 Å². The Labute approximate surface area is 176 Å². The number of anilines is 1. The van der Waals surface area contributed by atoms with Gasteiger partial charge in [0.2, 0.25) is 0 Å². The van der Waals surface area contributed by atoms with Gasteiger partial charge in [-0.05, 0) is 31.2 Å². The van der Waals surface area contributed by atoms with Gasteiger partial charge in [0.15, 0.2) is 0 Å². The van der Waals surface area contributed by atoms with Gasteiger partial charge in [-0.1, -0.05) is 87.4 Å². The average Bonchev–Trinajstić information content (AvgIpc) is 3.13. The van der Waals surface area contributed by atoms with E-state index in [4.69, 9.17) is 4.98 Å². The van der Waals surface area contributed by atoms with Crippen LogP contribution < -0.4 is 5.32 Å². The summed E-state index contributed by atoms with van der Waals surface area (Å²) in [4.78, 5) is 17.6. The van der Waals surface area contributed by atoms with E-state index in [0.717, 1.165) is 31.3 Å². The van der Waals surface area contributed by atoms with Crippen LogP contribution in [0.1, 0.15) is 15.9 Å². The van der Waals surface area contributed by atoms with Crippen molar-refractivity contribution in [2.45, 2.75) is 6.92 Å². The van der Waals surface area contributed by atoms with E-state index < -0.39 is 0 Å². The molecule has 1 aromatic heterocycles. The second-order valence-corrected chi connectivity index (χ2v) is 8.30. The highest BCUT2D eigenvalue weighted by molar-refractivity contribution is 9.10. The first-order valence-corrected chi connectivity index (χ1v) is 10.4. The Bertz CT molecular complexity index is 1100. The quantitative estimate of drug-likeness (QED) is 0.372. The third-order valence-corrected chi connectivity index (χ3v) is 5.85. The summed E-state index contributed by atoms with van der Waals surface area (Å²) in [6.45, 7) is 2.05. The van der Waals surface area contributed by atoms with Crippen LogP contribution in [0.15, 0.2) is 83.3 Å². The van der Waals surface area contributed by atoms with E-state index in [2.05, 4.69) is 40.3 Å². The topological polar surface area (TPSA) is 42.0 Å². The zero-order valence-electron chi connectivity index (χ0n) is 15.1. The largest absolute Gasteiger partial charge is 0.312 e. The molecule has 1 amide bonds. The molecule has 28 heavy (non-hydrogen) atoms. The molecule has 0 aliphatic heterocycles. The molecule has 5 heteroatoms. The van der Waals surface area contributed by atoms with Crippen LogP contribution in [0.25, 0.3) is 21.8 Å². The van der Waals surface area contributed by atoms with Gasteiger partial charge < -0.3 is 5.32 Å². The summed E-state index contributed by atoms with van der Waals surface area (Å²) in [5.41, 5.74) is 4.59. The molecule has 0 unspecified atom stereocenters. The van der Waals surface area contributed by atoms with Crippen molar-refractivity contribution in [3.8, 4) is 21.8 Å². The van der Waals surface area contributed by atoms with Crippen LogP contribution in [0.3, 0.4) is 0 Å². The van der Waals surface area contributed by atoms with Crippen molar-refractivity contribution in [3.05, 3.63) is 94.5 Å². The first-order valence-electron chi connectivity index (χ1n) is 8.80. The molecule has 4 rings (SSSR count). The van der Waals surface area contributed by atoms with Crippen molar-refractivity contribution >= 4 is 38.2 Å². The number of carbonyl (C=O) groups excluding carboxylic acids is 1. The molecule has 0 bridgehead atoms. The summed E-state index contributed by atoms with van der Waals surface area (Å²) in [6, 6.07) is 25.5. The molecule has 138 valence electrons. The van der Waals surface area contributed by atoms with E-state index in [9.17, 15) is 4.79 Å². The molecule has 1 N–H and O–H groups in total. The summed E-state index contributed by atoms with van der Waals surface area (Å²) in [6.07, 6.45) is 0. The number of nitrogens with zero attached hydrogens (tertiary/aromatic N) is 1. The van der Waals surface area contributed by atoms with Crippen LogP contribution in [-0.2, 0) is 0 Å².